The first-order valence-corrected chi connectivity index (χ1v) is 5.60. The highest BCUT2D eigenvalue weighted by Crippen LogP contribution is 2.50. The maximum atomic E-state index is 11.9. The maximum absolute atomic E-state index is 11.9. The fourth-order valence-electron chi connectivity index (χ4n) is 1.97. The molecule has 90 valence electrons. The molecule has 17 heavy (non-hydrogen) atoms. The predicted molar refractivity (Wildman–Crippen MR) is 61.7 cm³/mol. The van der Waals surface area contributed by atoms with Crippen molar-refractivity contribution in [2.24, 2.45) is 5.41 Å². The van der Waals surface area contributed by atoms with Crippen LogP contribution in [0.2, 0.25) is 0 Å². The summed E-state index contributed by atoms with van der Waals surface area (Å²) in [6, 6.07) is 4.01. The third kappa shape index (κ3) is 2.31. The Morgan fingerprint density at radius 3 is 2.88 bits per heavy atom. The van der Waals surface area contributed by atoms with E-state index in [-0.39, 0.29) is 11.0 Å². The van der Waals surface area contributed by atoms with Crippen LogP contribution in [0.1, 0.15) is 25.0 Å². The van der Waals surface area contributed by atoms with E-state index in [2.05, 4.69) is 11.1 Å². The average Bonchev–Trinajstić information content (AvgIpc) is 3.02. The molecular weight excluding hydrogens is 218 g/mol. The van der Waals surface area contributed by atoms with Crippen molar-refractivity contribution in [1.29, 1.82) is 5.26 Å². The Balaban J connectivity index is 2.33. The first-order chi connectivity index (χ1) is 8.10. The molecule has 0 amide bonds. The normalized spacial score (nSPS) is 16.3. The first kappa shape index (κ1) is 11.6. The van der Waals surface area contributed by atoms with E-state index < -0.39 is 0 Å². The molecule has 0 N–H and O–H groups in total. The molecule has 1 aliphatic rings. The minimum absolute atomic E-state index is 0.0389. The molecule has 0 atom stereocenters. The fourth-order valence-corrected chi connectivity index (χ4v) is 1.97. The van der Waals surface area contributed by atoms with E-state index in [0.29, 0.717) is 24.7 Å². The standard InChI is InChI=1S/C12H15N3O2/c1-9-7-10(16)15(11(14-9)17-2)8-12(3-4-12)5-6-13/h7H,3-5,8H2,1-2H3. The minimum Gasteiger partial charge on any atom is -0.468 e. The Bertz CT molecular complexity index is 524. The molecule has 1 aromatic rings. The summed E-state index contributed by atoms with van der Waals surface area (Å²) in [5.74, 6) is 0. The van der Waals surface area contributed by atoms with Gasteiger partial charge in [-0.05, 0) is 19.8 Å². The molecule has 0 aromatic carbocycles. The van der Waals surface area contributed by atoms with E-state index in [9.17, 15) is 4.79 Å². The Kier molecular flexibility index (Phi) is 2.88. The van der Waals surface area contributed by atoms with E-state index in [1.54, 1.807) is 6.92 Å². The number of hydrogen-bond acceptors (Lipinski definition) is 4. The van der Waals surface area contributed by atoms with Crippen molar-refractivity contribution in [3.05, 3.63) is 22.1 Å². The lowest BCUT2D eigenvalue weighted by molar-refractivity contribution is 0.315. The van der Waals surface area contributed by atoms with Gasteiger partial charge in [0.25, 0.3) is 11.6 Å². The molecule has 0 unspecified atom stereocenters. The molecule has 2 rings (SSSR count). The molecule has 5 heteroatoms. The van der Waals surface area contributed by atoms with Gasteiger partial charge in [0.05, 0.1) is 13.2 Å². The number of ether oxygens (including phenoxy) is 1. The lowest BCUT2D eigenvalue weighted by Gasteiger charge is -2.15. The van der Waals surface area contributed by atoms with Gasteiger partial charge in [-0.2, -0.15) is 5.26 Å². The van der Waals surface area contributed by atoms with Crippen molar-refractivity contribution in [3.8, 4) is 12.1 Å². The molecule has 1 saturated carbocycles. The van der Waals surface area contributed by atoms with E-state index in [1.807, 2.05) is 0 Å². The first-order valence-electron chi connectivity index (χ1n) is 5.60. The Labute approximate surface area is 99.7 Å². The van der Waals surface area contributed by atoms with Crippen LogP contribution in [0.4, 0.5) is 0 Å². The fraction of sp³-hybridized carbons (Fsp3) is 0.583. The van der Waals surface area contributed by atoms with Crippen LogP contribution >= 0.6 is 0 Å². The molecule has 0 bridgehead atoms. The second-order valence-corrected chi connectivity index (χ2v) is 4.64. The smallest absolute Gasteiger partial charge is 0.299 e. The van der Waals surface area contributed by atoms with Crippen molar-refractivity contribution in [2.75, 3.05) is 7.11 Å². The number of nitriles is 1. The van der Waals surface area contributed by atoms with Gasteiger partial charge >= 0.3 is 0 Å². The van der Waals surface area contributed by atoms with Crippen molar-refractivity contribution >= 4 is 0 Å². The van der Waals surface area contributed by atoms with Crippen LogP contribution in [-0.2, 0) is 6.54 Å². The highest BCUT2D eigenvalue weighted by molar-refractivity contribution is 5.09. The molecule has 0 spiro atoms. The van der Waals surface area contributed by atoms with Gasteiger partial charge in [0.2, 0.25) is 0 Å². The van der Waals surface area contributed by atoms with Crippen LogP contribution < -0.4 is 10.3 Å². The summed E-state index contributed by atoms with van der Waals surface area (Å²) in [7, 11) is 1.50. The molecule has 0 radical (unpaired) electrons. The summed E-state index contributed by atoms with van der Waals surface area (Å²) in [5.41, 5.74) is 0.495. The van der Waals surface area contributed by atoms with Gasteiger partial charge in [-0.1, -0.05) is 0 Å². The van der Waals surface area contributed by atoms with Crippen molar-refractivity contribution in [2.45, 2.75) is 32.7 Å². The second kappa shape index (κ2) is 4.21. The van der Waals surface area contributed by atoms with Crippen LogP contribution in [0.15, 0.2) is 10.9 Å². The molecule has 0 aliphatic heterocycles. The molecule has 1 aliphatic carbocycles. The van der Waals surface area contributed by atoms with Crippen LogP contribution in [0.3, 0.4) is 0 Å². The highest BCUT2D eigenvalue weighted by Gasteiger charge is 2.43. The monoisotopic (exact) mass is 233 g/mol. The van der Waals surface area contributed by atoms with E-state index in [1.165, 1.54) is 17.7 Å². The summed E-state index contributed by atoms with van der Waals surface area (Å²) in [4.78, 5) is 16.1. The topological polar surface area (TPSA) is 67.9 Å². The van der Waals surface area contributed by atoms with E-state index >= 15 is 0 Å². The van der Waals surface area contributed by atoms with Gasteiger partial charge in [-0.15, -0.1) is 0 Å². The molecule has 5 nitrogen and oxygen atoms in total. The van der Waals surface area contributed by atoms with Gasteiger partial charge in [0, 0.05) is 30.1 Å². The lowest BCUT2D eigenvalue weighted by atomic mass is 10.0. The summed E-state index contributed by atoms with van der Waals surface area (Å²) < 4.78 is 6.65. The largest absolute Gasteiger partial charge is 0.468 e. The Morgan fingerprint density at radius 2 is 2.35 bits per heavy atom. The van der Waals surface area contributed by atoms with Crippen molar-refractivity contribution in [3.63, 3.8) is 0 Å². The molecular formula is C12H15N3O2. The van der Waals surface area contributed by atoms with Gasteiger partial charge in [0.15, 0.2) is 0 Å². The van der Waals surface area contributed by atoms with Gasteiger partial charge in [-0.3, -0.25) is 9.36 Å². The number of aromatic nitrogens is 2. The summed E-state index contributed by atoms with van der Waals surface area (Å²) in [6.07, 6.45) is 2.46. The van der Waals surface area contributed by atoms with Gasteiger partial charge < -0.3 is 4.74 Å². The highest BCUT2D eigenvalue weighted by atomic mass is 16.5. The number of hydrogen-bond donors (Lipinski definition) is 0. The zero-order chi connectivity index (χ0) is 12.5. The summed E-state index contributed by atoms with van der Waals surface area (Å²) in [6.45, 7) is 2.28. The summed E-state index contributed by atoms with van der Waals surface area (Å²) in [5, 5.41) is 8.78. The van der Waals surface area contributed by atoms with Crippen LogP contribution in [0, 0.1) is 23.7 Å². The Morgan fingerprint density at radius 1 is 1.65 bits per heavy atom. The van der Waals surface area contributed by atoms with Crippen molar-refractivity contribution < 1.29 is 4.74 Å². The van der Waals surface area contributed by atoms with Crippen LogP contribution in [0.25, 0.3) is 0 Å². The Hall–Kier alpha value is -1.83. The average molecular weight is 233 g/mol. The van der Waals surface area contributed by atoms with Gasteiger partial charge in [0.1, 0.15) is 0 Å². The summed E-state index contributed by atoms with van der Waals surface area (Å²) >= 11 is 0. The molecule has 1 heterocycles. The van der Waals surface area contributed by atoms with Gasteiger partial charge in [-0.25, -0.2) is 4.98 Å². The predicted octanol–water partition coefficient (Wildman–Crippen LogP) is 1.25. The molecule has 0 saturated heterocycles. The van der Waals surface area contributed by atoms with Crippen molar-refractivity contribution in [1.82, 2.24) is 9.55 Å². The zero-order valence-corrected chi connectivity index (χ0v) is 10.1. The minimum atomic E-state index is -0.112. The third-order valence-corrected chi connectivity index (χ3v) is 3.19. The second-order valence-electron chi connectivity index (χ2n) is 4.64. The van der Waals surface area contributed by atoms with E-state index in [4.69, 9.17) is 10.00 Å². The van der Waals surface area contributed by atoms with Crippen LogP contribution in [-0.4, -0.2) is 16.7 Å². The van der Waals surface area contributed by atoms with Crippen LogP contribution in [0.5, 0.6) is 6.01 Å². The molecule has 1 fully saturated rings. The SMILES string of the molecule is COc1nc(C)cc(=O)n1CC1(CC#N)CC1. The van der Waals surface area contributed by atoms with E-state index in [0.717, 1.165) is 12.8 Å². The maximum Gasteiger partial charge on any atom is 0.299 e. The quantitative estimate of drug-likeness (QED) is 0.785. The number of aryl methyl sites for hydroxylation is 1. The number of rotatable bonds is 4. The number of nitrogens with zero attached hydrogens (tertiary/aromatic N) is 3. The lowest BCUT2D eigenvalue weighted by Crippen LogP contribution is -2.26. The molecule has 1 aromatic heterocycles. The third-order valence-electron chi connectivity index (χ3n) is 3.19. The number of methoxy groups -OCH3 is 1. The zero-order valence-electron chi connectivity index (χ0n) is 10.1.